The minimum absolute atomic E-state index is 0.671. The number of pyridine rings is 1. The van der Waals surface area contributed by atoms with Gasteiger partial charge in [0.2, 0.25) is 0 Å². The van der Waals surface area contributed by atoms with Gasteiger partial charge in [0.05, 0.1) is 5.03 Å². The maximum Gasteiger partial charge on any atom is 0.130 e. The van der Waals surface area contributed by atoms with Crippen molar-refractivity contribution in [3.63, 3.8) is 0 Å². The van der Waals surface area contributed by atoms with Gasteiger partial charge in [-0.1, -0.05) is 6.07 Å². The summed E-state index contributed by atoms with van der Waals surface area (Å²) in [7, 11) is 0. The van der Waals surface area contributed by atoms with E-state index in [9.17, 15) is 0 Å². The fourth-order valence-corrected chi connectivity index (χ4v) is 3.21. The van der Waals surface area contributed by atoms with Crippen LogP contribution in [0.3, 0.4) is 0 Å². The largest absolute Gasteiger partial charge is 0.352 e. The van der Waals surface area contributed by atoms with Gasteiger partial charge in [0, 0.05) is 25.7 Å². The van der Waals surface area contributed by atoms with Crippen LogP contribution in [0.5, 0.6) is 0 Å². The lowest BCUT2D eigenvalue weighted by Gasteiger charge is -2.24. The number of anilines is 1. The van der Waals surface area contributed by atoms with Crippen LogP contribution in [0, 0.1) is 5.92 Å². The number of rotatable bonds is 2. The van der Waals surface area contributed by atoms with Gasteiger partial charge in [0.1, 0.15) is 5.82 Å². The molecule has 2 atom stereocenters. The number of nitrogens with one attached hydrogen (secondary N) is 1. The average molecular weight is 235 g/mol. The molecule has 1 aromatic heterocycles. The van der Waals surface area contributed by atoms with E-state index in [-0.39, 0.29) is 0 Å². The number of aromatic nitrogens is 1. The Bertz CT molecular complexity index is 382. The molecule has 16 heavy (non-hydrogen) atoms. The lowest BCUT2D eigenvalue weighted by Crippen LogP contribution is -2.34. The van der Waals surface area contributed by atoms with Crippen LogP contribution in [0.1, 0.15) is 6.42 Å². The Balaban J connectivity index is 1.86. The topological polar surface area (TPSA) is 28.2 Å². The van der Waals surface area contributed by atoms with E-state index in [0.29, 0.717) is 6.04 Å². The van der Waals surface area contributed by atoms with Crippen molar-refractivity contribution in [3.8, 4) is 0 Å². The van der Waals surface area contributed by atoms with E-state index in [2.05, 4.69) is 34.7 Å². The van der Waals surface area contributed by atoms with Crippen LogP contribution in [0.2, 0.25) is 0 Å². The van der Waals surface area contributed by atoms with Crippen molar-refractivity contribution >= 4 is 17.6 Å². The molecular formula is C12H17N3S. The highest BCUT2D eigenvalue weighted by atomic mass is 32.2. The number of thioether (sulfide) groups is 1. The molecular weight excluding hydrogens is 218 g/mol. The quantitative estimate of drug-likeness (QED) is 0.788. The number of hydrogen-bond acceptors (Lipinski definition) is 4. The molecule has 0 saturated carbocycles. The van der Waals surface area contributed by atoms with Crippen molar-refractivity contribution in [1.82, 2.24) is 10.3 Å². The normalized spacial score (nSPS) is 28.4. The zero-order valence-electron chi connectivity index (χ0n) is 9.52. The summed E-state index contributed by atoms with van der Waals surface area (Å²) in [6.45, 7) is 3.47. The first-order chi connectivity index (χ1) is 7.88. The maximum atomic E-state index is 4.69. The lowest BCUT2D eigenvalue weighted by atomic mass is 10.1. The van der Waals surface area contributed by atoms with Gasteiger partial charge in [0.25, 0.3) is 0 Å². The van der Waals surface area contributed by atoms with Gasteiger partial charge in [-0.25, -0.2) is 4.98 Å². The third-order valence-corrected chi connectivity index (χ3v) is 4.30. The van der Waals surface area contributed by atoms with E-state index >= 15 is 0 Å². The Kier molecular flexibility index (Phi) is 2.77. The second kappa shape index (κ2) is 4.26. The van der Waals surface area contributed by atoms with Crippen LogP contribution in [0.15, 0.2) is 23.2 Å². The first-order valence-corrected chi connectivity index (χ1v) is 7.09. The molecule has 1 aromatic rings. The van der Waals surface area contributed by atoms with Crippen molar-refractivity contribution in [2.75, 3.05) is 30.8 Å². The highest BCUT2D eigenvalue weighted by Crippen LogP contribution is 2.31. The Morgan fingerprint density at radius 2 is 2.38 bits per heavy atom. The molecule has 2 unspecified atom stereocenters. The molecule has 0 amide bonds. The van der Waals surface area contributed by atoms with Crippen molar-refractivity contribution < 1.29 is 0 Å². The predicted octanol–water partition coefficient (Wildman–Crippen LogP) is 1.60. The molecule has 2 aliphatic rings. The second-order valence-electron chi connectivity index (χ2n) is 4.51. The second-order valence-corrected chi connectivity index (χ2v) is 5.33. The molecule has 3 nitrogen and oxygen atoms in total. The molecule has 86 valence electrons. The fraction of sp³-hybridized carbons (Fsp3) is 0.583. The molecule has 0 spiro atoms. The van der Waals surface area contributed by atoms with Crippen LogP contribution in [0.25, 0.3) is 0 Å². The lowest BCUT2D eigenvalue weighted by molar-refractivity contribution is 0.577. The van der Waals surface area contributed by atoms with Gasteiger partial charge >= 0.3 is 0 Å². The SMILES string of the molecule is CSc1cccc(N2CCC3CNCC32)n1. The highest BCUT2D eigenvalue weighted by Gasteiger charge is 2.37. The standard InChI is InChI=1S/C12H17N3S/c1-16-12-4-2-3-11(14-12)15-6-5-9-7-13-8-10(9)15/h2-4,9-10,13H,5-8H2,1H3. The van der Waals surface area contributed by atoms with Crippen molar-refractivity contribution in [2.24, 2.45) is 5.92 Å². The van der Waals surface area contributed by atoms with E-state index < -0.39 is 0 Å². The van der Waals surface area contributed by atoms with Crippen LogP contribution in [-0.4, -0.2) is 36.9 Å². The summed E-state index contributed by atoms with van der Waals surface area (Å²) in [4.78, 5) is 7.17. The molecule has 0 aromatic carbocycles. The molecule has 0 radical (unpaired) electrons. The monoisotopic (exact) mass is 235 g/mol. The first-order valence-electron chi connectivity index (χ1n) is 5.87. The van der Waals surface area contributed by atoms with Gasteiger partial charge < -0.3 is 10.2 Å². The summed E-state index contributed by atoms with van der Waals surface area (Å²) >= 11 is 1.71. The molecule has 2 saturated heterocycles. The summed E-state index contributed by atoms with van der Waals surface area (Å²) in [6, 6.07) is 7.00. The summed E-state index contributed by atoms with van der Waals surface area (Å²) in [5.41, 5.74) is 0. The first kappa shape index (κ1) is 10.4. The van der Waals surface area contributed by atoms with Crippen LogP contribution in [-0.2, 0) is 0 Å². The van der Waals surface area contributed by atoms with Crippen LogP contribution >= 0.6 is 11.8 Å². The van der Waals surface area contributed by atoms with Crippen LogP contribution in [0.4, 0.5) is 5.82 Å². The summed E-state index contributed by atoms with van der Waals surface area (Å²) in [6.07, 6.45) is 3.39. The van der Waals surface area contributed by atoms with Gasteiger partial charge in [-0.3, -0.25) is 0 Å². The van der Waals surface area contributed by atoms with E-state index in [1.165, 1.54) is 19.5 Å². The van der Waals surface area contributed by atoms with E-state index in [1.807, 2.05) is 0 Å². The molecule has 0 bridgehead atoms. The third kappa shape index (κ3) is 1.70. The Morgan fingerprint density at radius 3 is 3.25 bits per heavy atom. The summed E-state index contributed by atoms with van der Waals surface area (Å²) in [5.74, 6) is 1.99. The Morgan fingerprint density at radius 1 is 1.44 bits per heavy atom. The van der Waals surface area contributed by atoms with E-state index in [0.717, 1.165) is 23.3 Å². The molecule has 2 aliphatic heterocycles. The van der Waals surface area contributed by atoms with Gasteiger partial charge in [-0.2, -0.15) is 0 Å². The Labute approximate surface area is 101 Å². The minimum atomic E-state index is 0.671. The van der Waals surface area contributed by atoms with E-state index in [1.54, 1.807) is 11.8 Å². The van der Waals surface area contributed by atoms with Gasteiger partial charge in [-0.05, 0) is 30.7 Å². The van der Waals surface area contributed by atoms with Crippen molar-refractivity contribution in [2.45, 2.75) is 17.5 Å². The molecule has 3 rings (SSSR count). The van der Waals surface area contributed by atoms with Gasteiger partial charge in [-0.15, -0.1) is 11.8 Å². The molecule has 2 fully saturated rings. The number of fused-ring (bicyclic) bond motifs is 1. The fourth-order valence-electron chi connectivity index (χ4n) is 2.81. The zero-order valence-corrected chi connectivity index (χ0v) is 10.3. The predicted molar refractivity (Wildman–Crippen MR) is 68.1 cm³/mol. The maximum absolute atomic E-state index is 4.69. The Hall–Kier alpha value is -0.740. The zero-order chi connectivity index (χ0) is 11.0. The summed E-state index contributed by atoms with van der Waals surface area (Å²) < 4.78 is 0. The third-order valence-electron chi connectivity index (χ3n) is 3.66. The van der Waals surface area contributed by atoms with E-state index in [4.69, 9.17) is 4.98 Å². The average Bonchev–Trinajstić information content (AvgIpc) is 2.90. The van der Waals surface area contributed by atoms with Crippen LogP contribution < -0.4 is 10.2 Å². The number of nitrogens with zero attached hydrogens (tertiary/aromatic N) is 2. The van der Waals surface area contributed by atoms with Crippen molar-refractivity contribution in [3.05, 3.63) is 18.2 Å². The summed E-state index contributed by atoms with van der Waals surface area (Å²) in [5, 5.41) is 4.60. The molecule has 1 N–H and O–H groups in total. The molecule has 0 aliphatic carbocycles. The van der Waals surface area contributed by atoms with Crippen molar-refractivity contribution in [1.29, 1.82) is 0 Å². The van der Waals surface area contributed by atoms with Gasteiger partial charge in [0.15, 0.2) is 0 Å². The molecule has 3 heterocycles. The molecule has 4 heteroatoms. The smallest absolute Gasteiger partial charge is 0.130 e. The number of hydrogen-bond donors (Lipinski definition) is 1. The minimum Gasteiger partial charge on any atom is -0.352 e. The highest BCUT2D eigenvalue weighted by molar-refractivity contribution is 7.98.